The quantitative estimate of drug-likeness (QED) is 0.444. The Bertz CT molecular complexity index is 469. The molecule has 0 aromatic heterocycles. The first-order valence-electron chi connectivity index (χ1n) is 9.56. The number of aliphatic hydroxyl groups is 1. The Hall–Kier alpha value is -1.18. The van der Waals surface area contributed by atoms with Gasteiger partial charge >= 0.3 is 0 Å². The zero-order valence-corrected chi connectivity index (χ0v) is 18.4. The van der Waals surface area contributed by atoms with Gasteiger partial charge in [0.2, 0.25) is 11.8 Å². The highest BCUT2D eigenvalue weighted by molar-refractivity contribution is 5.82. The molecular formula is C20H40N2O5. The van der Waals surface area contributed by atoms with Crippen LogP contribution >= 0.6 is 0 Å². The SMILES string of the molecule is COCCC(CO)NC(=O)C(C)(C)COCCC(C)(C)NC(=O)C(C)(C)C. The molecule has 0 aromatic rings. The van der Waals surface area contributed by atoms with Crippen LogP contribution in [0.15, 0.2) is 0 Å². The van der Waals surface area contributed by atoms with Gasteiger partial charge in [-0.25, -0.2) is 0 Å². The summed E-state index contributed by atoms with van der Waals surface area (Å²) in [4.78, 5) is 24.6. The van der Waals surface area contributed by atoms with Crippen molar-refractivity contribution in [2.24, 2.45) is 10.8 Å². The van der Waals surface area contributed by atoms with Gasteiger partial charge in [0, 0.05) is 31.3 Å². The van der Waals surface area contributed by atoms with Crippen molar-refractivity contribution in [3.05, 3.63) is 0 Å². The highest BCUT2D eigenvalue weighted by atomic mass is 16.5. The number of aliphatic hydroxyl groups excluding tert-OH is 1. The fourth-order valence-electron chi connectivity index (χ4n) is 2.13. The summed E-state index contributed by atoms with van der Waals surface area (Å²) in [6.07, 6.45) is 1.19. The Balaban J connectivity index is 4.40. The second-order valence-corrected chi connectivity index (χ2v) is 9.41. The van der Waals surface area contributed by atoms with Crippen molar-refractivity contribution < 1.29 is 24.2 Å². The Morgan fingerprint density at radius 1 is 1.00 bits per heavy atom. The molecule has 0 fully saturated rings. The van der Waals surface area contributed by atoms with E-state index in [9.17, 15) is 14.7 Å². The van der Waals surface area contributed by atoms with Gasteiger partial charge < -0.3 is 25.2 Å². The van der Waals surface area contributed by atoms with E-state index < -0.39 is 10.8 Å². The van der Waals surface area contributed by atoms with Gasteiger partial charge in [0.15, 0.2) is 0 Å². The molecule has 0 bridgehead atoms. The second-order valence-electron chi connectivity index (χ2n) is 9.41. The molecule has 1 atom stereocenters. The summed E-state index contributed by atoms with van der Waals surface area (Å²) in [5, 5.41) is 15.2. The molecule has 0 aliphatic rings. The van der Waals surface area contributed by atoms with Crippen LogP contribution < -0.4 is 10.6 Å². The molecule has 1 unspecified atom stereocenters. The van der Waals surface area contributed by atoms with E-state index >= 15 is 0 Å². The minimum atomic E-state index is -0.723. The van der Waals surface area contributed by atoms with Crippen LogP contribution in [0.2, 0.25) is 0 Å². The first kappa shape index (κ1) is 25.8. The molecular weight excluding hydrogens is 348 g/mol. The van der Waals surface area contributed by atoms with Crippen LogP contribution in [0.4, 0.5) is 0 Å². The van der Waals surface area contributed by atoms with Crippen molar-refractivity contribution in [3.63, 3.8) is 0 Å². The smallest absolute Gasteiger partial charge is 0.228 e. The minimum Gasteiger partial charge on any atom is -0.394 e. The lowest BCUT2D eigenvalue weighted by atomic mass is 9.92. The van der Waals surface area contributed by atoms with Crippen LogP contribution in [-0.2, 0) is 19.1 Å². The van der Waals surface area contributed by atoms with Gasteiger partial charge in [0.25, 0.3) is 0 Å². The molecule has 0 saturated carbocycles. The third-order valence-corrected chi connectivity index (χ3v) is 4.31. The highest BCUT2D eigenvalue weighted by Crippen LogP contribution is 2.19. The van der Waals surface area contributed by atoms with Gasteiger partial charge in [-0.15, -0.1) is 0 Å². The molecule has 0 aliphatic heterocycles. The lowest BCUT2D eigenvalue weighted by molar-refractivity contribution is -0.133. The predicted octanol–water partition coefficient (Wildman–Crippen LogP) is 1.87. The van der Waals surface area contributed by atoms with Crippen LogP contribution in [0.1, 0.15) is 61.3 Å². The second kappa shape index (κ2) is 11.0. The van der Waals surface area contributed by atoms with Crippen LogP contribution in [0.25, 0.3) is 0 Å². The van der Waals surface area contributed by atoms with E-state index in [4.69, 9.17) is 9.47 Å². The van der Waals surface area contributed by atoms with E-state index in [0.29, 0.717) is 26.1 Å². The first-order valence-corrected chi connectivity index (χ1v) is 9.56. The van der Waals surface area contributed by atoms with Gasteiger partial charge in [-0.05, 0) is 40.5 Å². The van der Waals surface area contributed by atoms with Crippen LogP contribution in [0.3, 0.4) is 0 Å². The van der Waals surface area contributed by atoms with Crippen molar-refractivity contribution in [1.82, 2.24) is 10.6 Å². The zero-order valence-electron chi connectivity index (χ0n) is 18.4. The summed E-state index contributed by atoms with van der Waals surface area (Å²) in [5.74, 6) is -0.170. The maximum atomic E-state index is 12.4. The van der Waals surface area contributed by atoms with Crippen molar-refractivity contribution in [3.8, 4) is 0 Å². The molecule has 2 amide bonds. The molecule has 0 rings (SSSR count). The van der Waals surface area contributed by atoms with E-state index in [2.05, 4.69) is 10.6 Å². The number of hydrogen-bond acceptors (Lipinski definition) is 5. The zero-order chi connectivity index (χ0) is 21.3. The fourth-order valence-corrected chi connectivity index (χ4v) is 2.13. The molecule has 7 heteroatoms. The van der Waals surface area contributed by atoms with Gasteiger partial charge in [0.1, 0.15) is 0 Å². The largest absolute Gasteiger partial charge is 0.394 e. The van der Waals surface area contributed by atoms with E-state index in [0.717, 1.165) is 0 Å². The minimum absolute atomic E-state index is 0.00156. The Morgan fingerprint density at radius 2 is 1.59 bits per heavy atom. The maximum absolute atomic E-state index is 12.4. The van der Waals surface area contributed by atoms with E-state index in [1.54, 1.807) is 21.0 Å². The van der Waals surface area contributed by atoms with Gasteiger partial charge in [-0.3, -0.25) is 9.59 Å². The number of rotatable bonds is 12. The van der Waals surface area contributed by atoms with Crippen molar-refractivity contribution in [2.75, 3.05) is 33.5 Å². The summed E-state index contributed by atoms with van der Waals surface area (Å²) in [5.41, 5.74) is -1.55. The fraction of sp³-hybridized carbons (Fsp3) is 0.900. The summed E-state index contributed by atoms with van der Waals surface area (Å²) in [6, 6.07) is -0.330. The third kappa shape index (κ3) is 10.7. The number of carbonyl (C=O) groups is 2. The topological polar surface area (TPSA) is 96.9 Å². The van der Waals surface area contributed by atoms with Crippen LogP contribution in [0.5, 0.6) is 0 Å². The van der Waals surface area contributed by atoms with Crippen molar-refractivity contribution in [2.45, 2.75) is 72.9 Å². The average molecular weight is 389 g/mol. The summed E-state index contributed by atoms with van der Waals surface area (Å²) >= 11 is 0. The number of methoxy groups -OCH3 is 1. The molecule has 0 heterocycles. The van der Waals surface area contributed by atoms with Crippen molar-refractivity contribution in [1.29, 1.82) is 0 Å². The standard InChI is InChI=1S/C20H40N2O5/c1-18(2,3)16(24)22-20(6,7)10-12-27-14-19(4,5)17(25)21-15(13-23)9-11-26-8/h15,23H,9-14H2,1-8H3,(H,21,25)(H,22,24). The predicted molar refractivity (Wildman–Crippen MR) is 106 cm³/mol. The summed E-state index contributed by atoms with van der Waals surface area (Å²) in [6.45, 7) is 14.2. The van der Waals surface area contributed by atoms with Crippen LogP contribution in [-0.4, -0.2) is 62.0 Å². The first-order chi connectivity index (χ1) is 12.2. The van der Waals surface area contributed by atoms with Crippen LogP contribution in [0, 0.1) is 10.8 Å². The molecule has 0 spiro atoms. The van der Waals surface area contributed by atoms with Gasteiger partial charge in [-0.2, -0.15) is 0 Å². The number of hydrogen-bond donors (Lipinski definition) is 3. The molecule has 27 heavy (non-hydrogen) atoms. The normalized spacial score (nSPS) is 14.0. The summed E-state index contributed by atoms with van der Waals surface area (Å²) < 4.78 is 10.7. The Labute approximate surface area is 164 Å². The molecule has 0 aromatic carbocycles. The lowest BCUT2D eigenvalue weighted by Crippen LogP contribution is -2.49. The Morgan fingerprint density at radius 3 is 2.07 bits per heavy atom. The monoisotopic (exact) mass is 388 g/mol. The van der Waals surface area contributed by atoms with E-state index in [1.807, 2.05) is 34.6 Å². The maximum Gasteiger partial charge on any atom is 0.228 e. The average Bonchev–Trinajstić information content (AvgIpc) is 2.54. The molecule has 3 N–H and O–H groups in total. The number of amides is 2. The summed E-state index contributed by atoms with van der Waals surface area (Å²) in [7, 11) is 1.58. The van der Waals surface area contributed by atoms with Crippen molar-refractivity contribution >= 4 is 11.8 Å². The molecule has 7 nitrogen and oxygen atoms in total. The van der Waals surface area contributed by atoms with Gasteiger partial charge in [0.05, 0.1) is 24.7 Å². The number of carbonyl (C=O) groups excluding carboxylic acids is 2. The Kier molecular flexibility index (Phi) is 10.5. The molecule has 0 aliphatic carbocycles. The van der Waals surface area contributed by atoms with E-state index in [-0.39, 0.29) is 36.6 Å². The molecule has 0 radical (unpaired) electrons. The highest BCUT2D eigenvalue weighted by Gasteiger charge is 2.31. The third-order valence-electron chi connectivity index (χ3n) is 4.31. The lowest BCUT2D eigenvalue weighted by Gasteiger charge is -2.31. The molecule has 160 valence electrons. The van der Waals surface area contributed by atoms with E-state index in [1.165, 1.54) is 0 Å². The van der Waals surface area contributed by atoms with Gasteiger partial charge in [-0.1, -0.05) is 20.8 Å². The number of ether oxygens (including phenoxy) is 2. The molecule has 0 saturated heterocycles. The number of nitrogens with one attached hydrogen (secondary N) is 2.